The Bertz CT molecular complexity index is 839. The number of aromatic nitrogens is 1. The van der Waals surface area contributed by atoms with Crippen LogP contribution in [0.4, 0.5) is 5.82 Å². The predicted octanol–water partition coefficient (Wildman–Crippen LogP) is 3.42. The van der Waals surface area contributed by atoms with Crippen molar-refractivity contribution in [2.24, 2.45) is 0 Å². The van der Waals surface area contributed by atoms with Gasteiger partial charge in [-0.2, -0.15) is 0 Å². The number of hydrogen-bond acceptors (Lipinski definition) is 6. The van der Waals surface area contributed by atoms with E-state index in [9.17, 15) is 9.59 Å². The molecule has 0 bridgehead atoms. The van der Waals surface area contributed by atoms with Gasteiger partial charge >= 0.3 is 5.97 Å². The molecular formula is C20H21ClN2O5. The third-order valence-corrected chi connectivity index (χ3v) is 3.83. The second-order valence-electron chi connectivity index (χ2n) is 5.75. The highest BCUT2D eigenvalue weighted by atomic mass is 35.5. The summed E-state index contributed by atoms with van der Waals surface area (Å²) in [6.07, 6.45) is 2.84. The fraction of sp³-hybridized carbons (Fsp3) is 0.250. The molecule has 1 N–H and O–H groups in total. The molecule has 0 aliphatic rings. The molecule has 0 spiro atoms. The molecule has 7 nitrogen and oxygen atoms in total. The number of amides is 1. The predicted molar refractivity (Wildman–Crippen MR) is 106 cm³/mol. The maximum atomic E-state index is 12.1. The van der Waals surface area contributed by atoms with Crippen molar-refractivity contribution >= 4 is 29.3 Å². The Balaban J connectivity index is 1.86. The lowest BCUT2D eigenvalue weighted by Crippen LogP contribution is -2.31. The highest BCUT2D eigenvalue weighted by Gasteiger charge is 2.19. The van der Waals surface area contributed by atoms with Gasteiger partial charge in [-0.15, -0.1) is 6.58 Å². The van der Waals surface area contributed by atoms with E-state index in [4.69, 9.17) is 25.8 Å². The van der Waals surface area contributed by atoms with Crippen LogP contribution >= 0.6 is 11.6 Å². The molecule has 2 aromatic rings. The molecule has 1 heterocycles. The van der Waals surface area contributed by atoms with Gasteiger partial charge in [0, 0.05) is 6.20 Å². The van der Waals surface area contributed by atoms with Gasteiger partial charge < -0.3 is 19.5 Å². The summed E-state index contributed by atoms with van der Waals surface area (Å²) < 4.78 is 15.8. The molecule has 8 heteroatoms. The number of nitrogens with one attached hydrogen (secondary N) is 1. The molecule has 2 rings (SSSR count). The van der Waals surface area contributed by atoms with Crippen molar-refractivity contribution in [1.29, 1.82) is 0 Å². The van der Waals surface area contributed by atoms with Crippen LogP contribution in [-0.2, 0) is 20.7 Å². The lowest BCUT2D eigenvalue weighted by atomic mass is 10.1. The van der Waals surface area contributed by atoms with Gasteiger partial charge in [0.1, 0.15) is 5.82 Å². The zero-order chi connectivity index (χ0) is 20.5. The van der Waals surface area contributed by atoms with Gasteiger partial charge in [0.25, 0.3) is 5.91 Å². The van der Waals surface area contributed by atoms with E-state index in [1.165, 1.54) is 20.2 Å². The number of benzene rings is 1. The van der Waals surface area contributed by atoms with E-state index in [1.54, 1.807) is 30.3 Å². The van der Waals surface area contributed by atoms with Crippen molar-refractivity contribution in [2.75, 3.05) is 19.0 Å². The molecule has 0 aliphatic carbocycles. The number of allylic oxidation sites excluding steroid dienone is 1. The Hall–Kier alpha value is -3.06. The number of pyridine rings is 1. The summed E-state index contributed by atoms with van der Waals surface area (Å²) in [4.78, 5) is 28.0. The van der Waals surface area contributed by atoms with Crippen LogP contribution in [0, 0.1) is 0 Å². The van der Waals surface area contributed by atoms with Gasteiger partial charge in [0.05, 0.1) is 12.1 Å². The van der Waals surface area contributed by atoms with Gasteiger partial charge in [0.15, 0.2) is 24.2 Å². The number of ether oxygens (including phenoxy) is 3. The molecule has 0 aliphatic heterocycles. The molecule has 0 radical (unpaired) electrons. The molecule has 1 aromatic heterocycles. The zero-order valence-corrected chi connectivity index (χ0v) is 16.4. The Morgan fingerprint density at radius 2 is 2.07 bits per heavy atom. The van der Waals surface area contributed by atoms with Crippen molar-refractivity contribution in [3.8, 4) is 11.5 Å². The fourth-order valence-electron chi connectivity index (χ4n) is 2.22. The van der Waals surface area contributed by atoms with Gasteiger partial charge in [-0.3, -0.25) is 4.79 Å². The van der Waals surface area contributed by atoms with E-state index in [1.807, 2.05) is 6.07 Å². The molecule has 0 unspecified atom stereocenters. The van der Waals surface area contributed by atoms with Crippen molar-refractivity contribution in [3.63, 3.8) is 0 Å². The van der Waals surface area contributed by atoms with Crippen LogP contribution < -0.4 is 14.8 Å². The summed E-state index contributed by atoms with van der Waals surface area (Å²) in [5.74, 6) is -0.0159. The second kappa shape index (κ2) is 10.3. The summed E-state index contributed by atoms with van der Waals surface area (Å²) in [6.45, 7) is 4.77. The maximum absolute atomic E-state index is 12.1. The Kier molecular flexibility index (Phi) is 7.83. The molecule has 28 heavy (non-hydrogen) atoms. The summed E-state index contributed by atoms with van der Waals surface area (Å²) in [7, 11) is 1.51. The molecule has 0 fully saturated rings. The van der Waals surface area contributed by atoms with Crippen molar-refractivity contribution in [3.05, 3.63) is 59.8 Å². The normalized spacial score (nSPS) is 11.2. The van der Waals surface area contributed by atoms with Gasteiger partial charge in [0.2, 0.25) is 0 Å². The number of methoxy groups -OCH3 is 1. The first kappa shape index (κ1) is 21.2. The van der Waals surface area contributed by atoms with E-state index in [2.05, 4.69) is 16.9 Å². The Morgan fingerprint density at radius 3 is 2.71 bits per heavy atom. The van der Waals surface area contributed by atoms with E-state index in [-0.39, 0.29) is 6.61 Å². The van der Waals surface area contributed by atoms with Crippen molar-refractivity contribution in [1.82, 2.24) is 4.98 Å². The number of carbonyl (C=O) groups excluding carboxylic acids is 2. The quantitative estimate of drug-likeness (QED) is 0.509. The van der Waals surface area contributed by atoms with Crippen LogP contribution in [-0.4, -0.2) is 36.7 Å². The molecule has 1 atom stereocenters. The minimum Gasteiger partial charge on any atom is -0.493 e. The number of nitrogens with zero attached hydrogens (tertiary/aromatic N) is 1. The lowest BCUT2D eigenvalue weighted by molar-refractivity contribution is -0.155. The first-order valence-corrected chi connectivity index (χ1v) is 8.83. The number of hydrogen-bond donors (Lipinski definition) is 1. The van der Waals surface area contributed by atoms with Crippen LogP contribution in [0.15, 0.2) is 49.2 Å². The number of anilines is 1. The molecule has 148 valence electrons. The standard InChI is InChI=1S/C20H21ClN2O5/c1-4-5-14-6-8-16(17(10-14)26-3)27-12-19(24)28-13(2)20(25)23-18-9-7-15(21)11-22-18/h4,6-11,13H,1,5,12H2,2-3H3,(H,22,23,25)/t13-/m1/s1. The molecule has 1 amide bonds. The minimum absolute atomic E-state index is 0.304. The van der Waals surface area contributed by atoms with Crippen molar-refractivity contribution in [2.45, 2.75) is 19.4 Å². The van der Waals surface area contributed by atoms with E-state index < -0.39 is 18.0 Å². The molecular weight excluding hydrogens is 384 g/mol. The number of carbonyl (C=O) groups is 2. The average molecular weight is 405 g/mol. The SMILES string of the molecule is C=CCc1ccc(OCC(=O)O[C@H](C)C(=O)Nc2ccc(Cl)cn2)c(OC)c1. The van der Waals surface area contributed by atoms with Crippen LogP contribution in [0.2, 0.25) is 5.02 Å². The van der Waals surface area contributed by atoms with Gasteiger partial charge in [-0.05, 0) is 43.2 Å². The summed E-state index contributed by atoms with van der Waals surface area (Å²) in [5.41, 5.74) is 1.00. The molecule has 0 saturated carbocycles. The zero-order valence-electron chi connectivity index (χ0n) is 15.6. The number of rotatable bonds is 9. The van der Waals surface area contributed by atoms with E-state index >= 15 is 0 Å². The highest BCUT2D eigenvalue weighted by Crippen LogP contribution is 2.28. The Labute approximate surface area is 168 Å². The topological polar surface area (TPSA) is 86.8 Å². The fourth-order valence-corrected chi connectivity index (χ4v) is 2.34. The largest absolute Gasteiger partial charge is 0.493 e. The third kappa shape index (κ3) is 6.28. The first-order valence-electron chi connectivity index (χ1n) is 8.45. The maximum Gasteiger partial charge on any atom is 0.344 e. The van der Waals surface area contributed by atoms with Crippen LogP contribution in [0.5, 0.6) is 11.5 Å². The lowest BCUT2D eigenvalue weighted by Gasteiger charge is -2.15. The minimum atomic E-state index is -1.02. The van der Waals surface area contributed by atoms with E-state index in [0.717, 1.165) is 5.56 Å². The smallest absolute Gasteiger partial charge is 0.344 e. The Morgan fingerprint density at radius 1 is 1.29 bits per heavy atom. The van der Waals surface area contributed by atoms with Gasteiger partial charge in [-0.25, -0.2) is 9.78 Å². The van der Waals surface area contributed by atoms with Crippen LogP contribution in [0.3, 0.4) is 0 Å². The number of halogens is 1. The number of esters is 1. The molecule has 1 aromatic carbocycles. The first-order chi connectivity index (χ1) is 13.4. The molecule has 0 saturated heterocycles. The van der Waals surface area contributed by atoms with Gasteiger partial charge in [-0.1, -0.05) is 23.7 Å². The summed E-state index contributed by atoms with van der Waals surface area (Å²) in [6, 6.07) is 8.48. The highest BCUT2D eigenvalue weighted by molar-refractivity contribution is 6.30. The monoisotopic (exact) mass is 404 g/mol. The summed E-state index contributed by atoms with van der Waals surface area (Å²) >= 11 is 5.74. The average Bonchev–Trinajstić information content (AvgIpc) is 2.68. The second-order valence-corrected chi connectivity index (χ2v) is 6.19. The van der Waals surface area contributed by atoms with E-state index in [0.29, 0.717) is 28.8 Å². The van der Waals surface area contributed by atoms with Crippen LogP contribution in [0.25, 0.3) is 0 Å². The third-order valence-electron chi connectivity index (χ3n) is 3.61. The van der Waals surface area contributed by atoms with Crippen LogP contribution in [0.1, 0.15) is 12.5 Å². The summed E-state index contributed by atoms with van der Waals surface area (Å²) in [5, 5.41) is 2.98. The van der Waals surface area contributed by atoms with Crippen molar-refractivity contribution < 1.29 is 23.8 Å².